The van der Waals surface area contributed by atoms with Crippen LogP contribution in [0.5, 0.6) is 0 Å². The zero-order valence-electron chi connectivity index (χ0n) is 6.11. The van der Waals surface area contributed by atoms with Crippen molar-refractivity contribution in [3.63, 3.8) is 0 Å². The van der Waals surface area contributed by atoms with E-state index in [9.17, 15) is 0 Å². The van der Waals surface area contributed by atoms with E-state index in [0.29, 0.717) is 0 Å². The van der Waals surface area contributed by atoms with E-state index in [1.807, 2.05) is 0 Å². The van der Waals surface area contributed by atoms with Gasteiger partial charge in [-0.15, -0.1) is 0 Å². The van der Waals surface area contributed by atoms with Crippen LogP contribution in [0.2, 0.25) is 0 Å². The molecule has 0 fully saturated rings. The molecular formula is C6H16OSi. The smallest absolute Gasteiger partial charge is 0.145 e. The van der Waals surface area contributed by atoms with Crippen LogP contribution in [0.1, 0.15) is 26.7 Å². The fraction of sp³-hybridized carbons (Fsp3) is 1.00. The first-order valence-corrected chi connectivity index (χ1v) is 4.08. The van der Waals surface area contributed by atoms with E-state index in [1.54, 1.807) is 0 Å². The lowest BCUT2D eigenvalue weighted by Crippen LogP contribution is -1.93. The van der Waals surface area contributed by atoms with Crippen molar-refractivity contribution in [2.75, 3.05) is 6.61 Å². The maximum Gasteiger partial charge on any atom is 0.145 e. The van der Waals surface area contributed by atoms with Crippen LogP contribution in [0.25, 0.3) is 0 Å². The molecule has 0 saturated carbocycles. The van der Waals surface area contributed by atoms with Gasteiger partial charge in [0.1, 0.15) is 10.5 Å². The molecule has 8 heavy (non-hydrogen) atoms. The molecule has 0 unspecified atom stereocenters. The van der Waals surface area contributed by atoms with Gasteiger partial charge in [-0.1, -0.05) is 13.8 Å². The molecule has 0 radical (unpaired) electrons. The molecular weight excluding hydrogens is 116 g/mol. The molecule has 0 spiro atoms. The summed E-state index contributed by atoms with van der Waals surface area (Å²) in [6.07, 6.45) is 2.55. The van der Waals surface area contributed by atoms with Gasteiger partial charge in [-0.05, 0) is 18.8 Å². The molecule has 0 bridgehead atoms. The van der Waals surface area contributed by atoms with Gasteiger partial charge < -0.3 is 4.43 Å². The number of hydrogen-bond donors (Lipinski definition) is 0. The second-order valence-corrected chi connectivity index (χ2v) is 3.11. The molecule has 50 valence electrons. The highest BCUT2D eigenvalue weighted by Gasteiger charge is 1.90. The van der Waals surface area contributed by atoms with E-state index in [1.165, 1.54) is 12.8 Å². The Morgan fingerprint density at radius 2 is 2.12 bits per heavy atom. The van der Waals surface area contributed by atoms with Gasteiger partial charge in [0.05, 0.1) is 0 Å². The molecule has 0 aliphatic heterocycles. The highest BCUT2D eigenvalue weighted by Crippen LogP contribution is 2.01. The van der Waals surface area contributed by atoms with Crippen LogP contribution in [0.15, 0.2) is 0 Å². The van der Waals surface area contributed by atoms with E-state index in [-0.39, 0.29) is 0 Å². The summed E-state index contributed by atoms with van der Waals surface area (Å²) >= 11 is 0. The van der Waals surface area contributed by atoms with E-state index in [4.69, 9.17) is 4.43 Å². The van der Waals surface area contributed by atoms with E-state index in [2.05, 4.69) is 13.8 Å². The van der Waals surface area contributed by atoms with Crippen molar-refractivity contribution in [2.45, 2.75) is 26.7 Å². The van der Waals surface area contributed by atoms with Gasteiger partial charge in [0.2, 0.25) is 0 Å². The van der Waals surface area contributed by atoms with Crippen LogP contribution in [0.3, 0.4) is 0 Å². The van der Waals surface area contributed by atoms with E-state index < -0.39 is 0 Å². The number of rotatable bonds is 4. The molecule has 0 aromatic carbocycles. The first kappa shape index (κ1) is 8.18. The van der Waals surface area contributed by atoms with Crippen LogP contribution < -0.4 is 0 Å². The van der Waals surface area contributed by atoms with Gasteiger partial charge in [-0.3, -0.25) is 0 Å². The van der Waals surface area contributed by atoms with Crippen molar-refractivity contribution < 1.29 is 4.43 Å². The Balaban J connectivity index is 2.72. The topological polar surface area (TPSA) is 9.23 Å². The van der Waals surface area contributed by atoms with Gasteiger partial charge >= 0.3 is 0 Å². The molecule has 0 saturated heterocycles. The first-order valence-electron chi connectivity index (χ1n) is 3.26. The van der Waals surface area contributed by atoms with Crippen molar-refractivity contribution in [3.05, 3.63) is 0 Å². The predicted octanol–water partition coefficient (Wildman–Crippen LogP) is 0.720. The second-order valence-electron chi connectivity index (χ2n) is 2.53. The fourth-order valence-corrected chi connectivity index (χ4v) is 0.925. The summed E-state index contributed by atoms with van der Waals surface area (Å²) < 4.78 is 5.03. The number of hydrogen-bond acceptors (Lipinski definition) is 1. The Hall–Kier alpha value is 0.177. The van der Waals surface area contributed by atoms with Crippen LogP contribution in [-0.2, 0) is 4.43 Å². The van der Waals surface area contributed by atoms with Crippen molar-refractivity contribution >= 4 is 10.5 Å². The zero-order chi connectivity index (χ0) is 6.41. The summed E-state index contributed by atoms with van der Waals surface area (Å²) in [6, 6.07) is 0. The minimum absolute atomic E-state index is 0.840. The Morgan fingerprint density at radius 1 is 1.50 bits per heavy atom. The Morgan fingerprint density at radius 3 is 2.50 bits per heavy atom. The molecule has 1 nitrogen and oxygen atoms in total. The quantitative estimate of drug-likeness (QED) is 0.404. The molecule has 0 aliphatic rings. The average Bonchev–Trinajstić information content (AvgIpc) is 1.66. The molecule has 0 rings (SSSR count). The monoisotopic (exact) mass is 132 g/mol. The summed E-state index contributed by atoms with van der Waals surface area (Å²) in [5.41, 5.74) is 0. The zero-order valence-corrected chi connectivity index (χ0v) is 8.11. The Bertz CT molecular complexity index is 45.8. The van der Waals surface area contributed by atoms with Crippen LogP contribution in [0, 0.1) is 5.92 Å². The minimum Gasteiger partial charge on any atom is -0.428 e. The average molecular weight is 132 g/mol. The third kappa shape index (κ3) is 6.18. The lowest BCUT2D eigenvalue weighted by atomic mass is 10.1. The maximum atomic E-state index is 5.03. The summed E-state index contributed by atoms with van der Waals surface area (Å²) in [5.74, 6) is 0.840. The van der Waals surface area contributed by atoms with E-state index >= 15 is 0 Å². The van der Waals surface area contributed by atoms with Crippen LogP contribution in [0.4, 0.5) is 0 Å². The summed E-state index contributed by atoms with van der Waals surface area (Å²) in [4.78, 5) is 0. The maximum absolute atomic E-state index is 5.03. The van der Waals surface area contributed by atoms with Crippen LogP contribution >= 0.6 is 0 Å². The molecule has 0 atom stereocenters. The first-order chi connectivity index (χ1) is 3.77. The van der Waals surface area contributed by atoms with E-state index in [0.717, 1.165) is 23.0 Å². The standard InChI is InChI=1S/C6H16OSi/c1-6(2)4-3-5-7-8/h6H,3-5H2,1-2,8H3. The third-order valence-electron chi connectivity index (χ3n) is 1.13. The third-order valence-corrected chi connectivity index (χ3v) is 1.54. The van der Waals surface area contributed by atoms with Crippen LogP contribution in [-0.4, -0.2) is 17.1 Å². The SMILES string of the molecule is CC(C)CCCO[SiH3]. The lowest BCUT2D eigenvalue weighted by Gasteiger charge is -2.01. The van der Waals surface area contributed by atoms with Gasteiger partial charge in [0.15, 0.2) is 0 Å². The molecule has 0 heterocycles. The minimum atomic E-state index is 0.840. The highest BCUT2D eigenvalue weighted by atomic mass is 28.2. The van der Waals surface area contributed by atoms with Gasteiger partial charge in [0, 0.05) is 6.61 Å². The normalized spacial score (nSPS) is 10.9. The van der Waals surface area contributed by atoms with Crippen molar-refractivity contribution in [3.8, 4) is 0 Å². The van der Waals surface area contributed by atoms with Gasteiger partial charge in [-0.2, -0.15) is 0 Å². The largest absolute Gasteiger partial charge is 0.428 e. The Labute approximate surface area is 55.0 Å². The van der Waals surface area contributed by atoms with Crippen molar-refractivity contribution in [2.24, 2.45) is 5.92 Å². The molecule has 2 heteroatoms. The predicted molar refractivity (Wildman–Crippen MR) is 40.0 cm³/mol. The molecule has 0 amide bonds. The molecule has 0 aromatic rings. The summed E-state index contributed by atoms with van der Waals surface area (Å²) in [7, 11) is 0.899. The van der Waals surface area contributed by atoms with Crippen molar-refractivity contribution in [1.29, 1.82) is 0 Å². The van der Waals surface area contributed by atoms with Crippen molar-refractivity contribution in [1.82, 2.24) is 0 Å². The highest BCUT2D eigenvalue weighted by molar-refractivity contribution is 5.97. The van der Waals surface area contributed by atoms with Gasteiger partial charge in [-0.25, -0.2) is 0 Å². The molecule has 0 N–H and O–H groups in total. The Kier molecular flexibility index (Phi) is 5.43. The summed E-state index contributed by atoms with van der Waals surface area (Å²) in [6.45, 7) is 5.46. The lowest BCUT2D eigenvalue weighted by molar-refractivity contribution is 0.324. The molecule has 0 aromatic heterocycles. The van der Waals surface area contributed by atoms with Gasteiger partial charge in [0.25, 0.3) is 0 Å². The molecule has 0 aliphatic carbocycles. The fourth-order valence-electron chi connectivity index (χ4n) is 0.636. The summed E-state index contributed by atoms with van der Waals surface area (Å²) in [5, 5.41) is 0. The second kappa shape index (κ2) is 5.32.